The van der Waals surface area contributed by atoms with Crippen molar-refractivity contribution in [3.05, 3.63) is 132 Å². The van der Waals surface area contributed by atoms with Gasteiger partial charge in [0.1, 0.15) is 33.4 Å². The molecule has 0 radical (unpaired) electrons. The molecule has 63 heavy (non-hydrogen) atoms. The highest BCUT2D eigenvalue weighted by molar-refractivity contribution is 8.00. The third-order valence-electron chi connectivity index (χ3n) is 10.4. The summed E-state index contributed by atoms with van der Waals surface area (Å²) in [6.45, 7) is 6.51. The van der Waals surface area contributed by atoms with Gasteiger partial charge >= 0.3 is 6.09 Å². The zero-order valence-corrected chi connectivity index (χ0v) is 37.5. The molecule has 1 aliphatic heterocycles. The lowest BCUT2D eigenvalue weighted by Gasteiger charge is -2.39. The Morgan fingerprint density at radius 3 is 1.95 bits per heavy atom. The number of hydrogen-bond donors (Lipinski definition) is 0. The van der Waals surface area contributed by atoms with Crippen LogP contribution in [-0.4, -0.2) is 98.6 Å². The first kappa shape index (κ1) is 43.2. The molecule has 0 spiro atoms. The molecule has 4 aromatic carbocycles. The minimum absolute atomic E-state index is 0.0117. The lowest BCUT2D eigenvalue weighted by molar-refractivity contribution is 0.0143. The normalized spacial score (nSPS) is 13.3. The molecular weight excluding hydrogens is 841 g/mol. The molecule has 7 aromatic rings. The number of methoxy groups -OCH3 is 3. The molecule has 1 saturated heterocycles. The van der Waals surface area contributed by atoms with Crippen LogP contribution in [-0.2, 0) is 34.4 Å². The van der Waals surface area contributed by atoms with Crippen molar-refractivity contribution in [1.29, 1.82) is 0 Å². The average Bonchev–Trinajstić information content (AvgIpc) is 3.91. The van der Waals surface area contributed by atoms with Gasteiger partial charge in [0.15, 0.2) is 0 Å². The predicted octanol–water partition coefficient (Wildman–Crippen LogP) is 7.83. The second-order valence-electron chi connectivity index (χ2n) is 16.0. The summed E-state index contributed by atoms with van der Waals surface area (Å²) in [5, 5.41) is 13.8. The highest BCUT2D eigenvalue weighted by Gasteiger charge is 2.39. The van der Waals surface area contributed by atoms with Crippen molar-refractivity contribution in [2.24, 2.45) is 0 Å². The summed E-state index contributed by atoms with van der Waals surface area (Å²) < 4.78 is 57.3. The molecule has 15 nitrogen and oxygen atoms in total. The number of hydrogen-bond acceptors (Lipinski definition) is 12. The Morgan fingerprint density at radius 2 is 1.38 bits per heavy atom. The number of carbonyl (C=O) groups is 1. The molecule has 0 bridgehead atoms. The van der Waals surface area contributed by atoms with Crippen LogP contribution in [0.25, 0.3) is 28.3 Å². The van der Waals surface area contributed by atoms with Crippen molar-refractivity contribution < 1.29 is 32.2 Å². The van der Waals surface area contributed by atoms with Crippen LogP contribution in [0, 0.1) is 0 Å². The van der Waals surface area contributed by atoms with Gasteiger partial charge in [-0.05, 0) is 97.3 Å². The van der Waals surface area contributed by atoms with E-state index in [9.17, 15) is 4.79 Å². The topological polar surface area (TPSA) is 156 Å². The van der Waals surface area contributed by atoms with Crippen LogP contribution in [0.5, 0.6) is 17.2 Å². The Morgan fingerprint density at radius 1 is 0.794 bits per heavy atom. The minimum Gasteiger partial charge on any atom is -0.497 e. The summed E-state index contributed by atoms with van der Waals surface area (Å²) in [4.78, 5) is 21.2. The SMILES string of the molecule is COc1ccc(CN(Cc2ccc(OC)cc2)S(=O)(=O)c2c(SC3CN(C(=O)OC(C)(C)C)C3)ccc(-c3cnc4ccccn34)c2-c2nnn(Cc3ccc(OC)cc3)n2)cc1. The Balaban J connectivity index is 1.30. The quantitative estimate of drug-likeness (QED) is 0.0985. The van der Waals surface area contributed by atoms with Gasteiger partial charge < -0.3 is 23.8 Å². The highest BCUT2D eigenvalue weighted by Crippen LogP contribution is 2.45. The number of imidazole rings is 1. The Kier molecular flexibility index (Phi) is 12.4. The number of tetrazole rings is 1. The number of likely N-dealkylation sites (tertiary alicyclic amines) is 1. The largest absolute Gasteiger partial charge is 0.497 e. The molecule has 0 saturated carbocycles. The summed E-state index contributed by atoms with van der Waals surface area (Å²) in [6, 6.07) is 31.6. The van der Waals surface area contributed by atoms with E-state index in [2.05, 4.69) is 15.3 Å². The first-order valence-corrected chi connectivity index (χ1v) is 22.5. The maximum absolute atomic E-state index is 16.0. The number of amides is 1. The third kappa shape index (κ3) is 9.65. The molecule has 326 valence electrons. The lowest BCUT2D eigenvalue weighted by Crippen LogP contribution is -2.53. The van der Waals surface area contributed by atoms with Gasteiger partial charge in [-0.15, -0.1) is 22.0 Å². The molecular formula is C46H48N8O7S2. The van der Waals surface area contributed by atoms with Crippen molar-refractivity contribution in [2.75, 3.05) is 34.4 Å². The number of carbonyl (C=O) groups excluding carboxylic acids is 1. The number of benzene rings is 4. The molecule has 8 rings (SSSR count). The zero-order valence-electron chi connectivity index (χ0n) is 35.8. The van der Waals surface area contributed by atoms with Gasteiger partial charge in [0, 0.05) is 48.1 Å². The zero-order chi connectivity index (χ0) is 44.3. The Hall–Kier alpha value is -6.43. The van der Waals surface area contributed by atoms with Crippen molar-refractivity contribution in [3.63, 3.8) is 0 Å². The number of aromatic nitrogens is 6. The standard InChI is InChI=1S/C46H48N8O7S2/c1-46(2,3)61-45(55)51-29-37(30-51)62-40-23-22-38(39-25-47-41-9-7-8-24-53(39)41)42(44-48-50-54(49-44)28-33-14-20-36(60-6)21-15-33)43(40)63(56,57)52(26-31-10-16-34(58-4)17-11-31)27-32-12-18-35(59-5)19-13-32/h7-25,37H,26-30H2,1-6H3. The highest BCUT2D eigenvalue weighted by atomic mass is 32.2. The second kappa shape index (κ2) is 18.1. The van der Waals surface area contributed by atoms with Crippen LogP contribution in [0.1, 0.15) is 37.5 Å². The van der Waals surface area contributed by atoms with Crippen molar-refractivity contribution in [2.45, 2.75) is 61.0 Å². The van der Waals surface area contributed by atoms with Gasteiger partial charge in [0.2, 0.25) is 15.8 Å². The molecule has 1 fully saturated rings. The Bertz CT molecular complexity index is 2770. The summed E-state index contributed by atoms with van der Waals surface area (Å²) in [7, 11) is 0.319. The molecule has 3 aromatic heterocycles. The first-order valence-electron chi connectivity index (χ1n) is 20.2. The number of fused-ring (bicyclic) bond motifs is 1. The number of pyridine rings is 1. The number of rotatable bonds is 15. The van der Waals surface area contributed by atoms with Crippen molar-refractivity contribution >= 4 is 33.5 Å². The molecule has 0 N–H and O–H groups in total. The van der Waals surface area contributed by atoms with Crippen LogP contribution in [0.3, 0.4) is 0 Å². The van der Waals surface area contributed by atoms with E-state index < -0.39 is 21.7 Å². The predicted molar refractivity (Wildman–Crippen MR) is 239 cm³/mol. The van der Waals surface area contributed by atoms with Crippen molar-refractivity contribution in [3.8, 4) is 39.9 Å². The van der Waals surface area contributed by atoms with E-state index >= 15 is 8.42 Å². The summed E-state index contributed by atoms with van der Waals surface area (Å²) in [6.07, 6.45) is 3.18. The summed E-state index contributed by atoms with van der Waals surface area (Å²) >= 11 is 1.39. The van der Waals surface area contributed by atoms with Gasteiger partial charge in [0.25, 0.3) is 0 Å². The van der Waals surface area contributed by atoms with E-state index in [1.54, 1.807) is 32.4 Å². The molecule has 0 aliphatic carbocycles. The maximum Gasteiger partial charge on any atom is 0.410 e. The second-order valence-corrected chi connectivity index (χ2v) is 19.2. The third-order valence-corrected chi connectivity index (χ3v) is 13.6. The van der Waals surface area contributed by atoms with E-state index in [0.717, 1.165) is 16.7 Å². The smallest absolute Gasteiger partial charge is 0.410 e. The minimum atomic E-state index is -4.46. The molecule has 17 heteroatoms. The summed E-state index contributed by atoms with van der Waals surface area (Å²) in [5.74, 6) is 2.12. The number of sulfonamides is 1. The fourth-order valence-electron chi connectivity index (χ4n) is 7.18. The number of nitrogens with zero attached hydrogens (tertiary/aromatic N) is 8. The van der Waals surface area contributed by atoms with Gasteiger partial charge in [-0.25, -0.2) is 18.2 Å². The maximum atomic E-state index is 16.0. The average molecular weight is 889 g/mol. The van der Waals surface area contributed by atoms with Crippen LogP contribution in [0.2, 0.25) is 0 Å². The van der Waals surface area contributed by atoms with Crippen LogP contribution in [0.15, 0.2) is 125 Å². The van der Waals surface area contributed by atoms with E-state index in [4.69, 9.17) is 24.0 Å². The molecule has 0 unspecified atom stereocenters. The van der Waals surface area contributed by atoms with E-state index in [0.29, 0.717) is 52.1 Å². The van der Waals surface area contributed by atoms with Gasteiger partial charge in [0.05, 0.1) is 45.3 Å². The molecule has 4 heterocycles. The number of thioether (sulfide) groups is 1. The molecule has 1 aliphatic rings. The molecule has 1 amide bonds. The lowest BCUT2D eigenvalue weighted by atomic mass is 10.0. The molecule has 0 atom stereocenters. The van der Waals surface area contributed by atoms with Gasteiger partial charge in [-0.3, -0.25) is 4.40 Å². The van der Waals surface area contributed by atoms with E-state index in [1.165, 1.54) is 20.9 Å². The van der Waals surface area contributed by atoms with E-state index in [-0.39, 0.29) is 41.2 Å². The van der Waals surface area contributed by atoms with Crippen LogP contribution in [0.4, 0.5) is 4.79 Å². The first-order chi connectivity index (χ1) is 30.3. The van der Waals surface area contributed by atoms with Gasteiger partial charge in [-0.2, -0.15) is 9.10 Å². The van der Waals surface area contributed by atoms with Gasteiger partial charge in [-0.1, -0.05) is 48.5 Å². The van der Waals surface area contributed by atoms with Crippen LogP contribution < -0.4 is 14.2 Å². The van der Waals surface area contributed by atoms with E-state index in [1.807, 2.05) is 134 Å². The number of ether oxygens (including phenoxy) is 4. The van der Waals surface area contributed by atoms with Crippen LogP contribution >= 0.6 is 11.8 Å². The monoisotopic (exact) mass is 888 g/mol. The fourth-order valence-corrected chi connectivity index (χ4v) is 10.5. The Labute approximate surface area is 370 Å². The summed E-state index contributed by atoms with van der Waals surface area (Å²) in [5.41, 5.74) is 3.85. The fraction of sp³-hybridized carbons (Fsp3) is 0.283. The van der Waals surface area contributed by atoms with Crippen molar-refractivity contribution in [1.82, 2.24) is 38.8 Å².